The van der Waals surface area contributed by atoms with Gasteiger partial charge >= 0.3 is 0 Å². The molecule has 0 radical (unpaired) electrons. The lowest BCUT2D eigenvalue weighted by Gasteiger charge is -2.32. The third-order valence-electron chi connectivity index (χ3n) is 4.65. The largest absolute Gasteiger partial charge is 0.471 e. The second-order valence-corrected chi connectivity index (χ2v) is 6.32. The summed E-state index contributed by atoms with van der Waals surface area (Å²) in [5, 5.41) is 4.05. The van der Waals surface area contributed by atoms with E-state index in [1.807, 2.05) is 4.90 Å². The van der Waals surface area contributed by atoms with E-state index in [2.05, 4.69) is 15.1 Å². The van der Waals surface area contributed by atoms with E-state index in [9.17, 15) is 4.79 Å². The molecule has 7 nitrogen and oxygen atoms in total. The van der Waals surface area contributed by atoms with Crippen molar-refractivity contribution in [1.29, 1.82) is 0 Å². The van der Waals surface area contributed by atoms with Crippen LogP contribution in [0.5, 0.6) is 5.88 Å². The standard InChI is InChI=1S/C17H20N4O3/c22-17(16-13-5-1-2-6-14(13)24-20-16)21-9-3-4-12(11-21)23-15-10-18-7-8-19-15/h7-8,10,12H,1-6,9,11H2. The van der Waals surface area contributed by atoms with Gasteiger partial charge in [0.15, 0.2) is 5.69 Å². The Morgan fingerprint density at radius 3 is 3.04 bits per heavy atom. The van der Waals surface area contributed by atoms with Crippen LogP contribution in [0.3, 0.4) is 0 Å². The van der Waals surface area contributed by atoms with Crippen molar-refractivity contribution in [3.05, 3.63) is 35.6 Å². The predicted octanol–water partition coefficient (Wildman–Crippen LogP) is 2.03. The minimum absolute atomic E-state index is 0.0469. The first kappa shape index (κ1) is 15.1. The van der Waals surface area contributed by atoms with Crippen LogP contribution in [0.4, 0.5) is 0 Å². The summed E-state index contributed by atoms with van der Waals surface area (Å²) in [6, 6.07) is 0. The van der Waals surface area contributed by atoms with Gasteiger partial charge in [-0.3, -0.25) is 9.78 Å². The molecule has 0 bridgehead atoms. The number of rotatable bonds is 3. The van der Waals surface area contributed by atoms with Crippen LogP contribution >= 0.6 is 0 Å². The zero-order chi connectivity index (χ0) is 16.4. The van der Waals surface area contributed by atoms with Crippen LogP contribution in [-0.4, -0.2) is 45.1 Å². The number of nitrogens with zero attached hydrogens (tertiary/aromatic N) is 4. The maximum atomic E-state index is 12.9. The zero-order valence-electron chi connectivity index (χ0n) is 13.5. The number of likely N-dealkylation sites (tertiary alicyclic amines) is 1. The SMILES string of the molecule is O=C(c1noc2c1CCCC2)N1CCCC(Oc2cnccn2)C1. The van der Waals surface area contributed by atoms with Gasteiger partial charge in [0.25, 0.3) is 5.91 Å². The topological polar surface area (TPSA) is 81.4 Å². The highest BCUT2D eigenvalue weighted by atomic mass is 16.5. The lowest BCUT2D eigenvalue weighted by atomic mass is 9.96. The number of carbonyl (C=O) groups excluding carboxylic acids is 1. The molecule has 0 N–H and O–H groups in total. The molecule has 1 fully saturated rings. The molecular formula is C17H20N4O3. The highest BCUT2D eigenvalue weighted by Crippen LogP contribution is 2.26. The van der Waals surface area contributed by atoms with Crippen molar-refractivity contribution in [3.8, 4) is 5.88 Å². The molecular weight excluding hydrogens is 308 g/mol. The summed E-state index contributed by atoms with van der Waals surface area (Å²) < 4.78 is 11.2. The quantitative estimate of drug-likeness (QED) is 0.857. The van der Waals surface area contributed by atoms with Crippen LogP contribution in [0.2, 0.25) is 0 Å². The van der Waals surface area contributed by atoms with Crippen molar-refractivity contribution in [3.63, 3.8) is 0 Å². The van der Waals surface area contributed by atoms with Gasteiger partial charge in [0.05, 0.1) is 12.7 Å². The average Bonchev–Trinajstić information content (AvgIpc) is 3.06. The van der Waals surface area contributed by atoms with Crippen molar-refractivity contribution in [1.82, 2.24) is 20.0 Å². The monoisotopic (exact) mass is 328 g/mol. The van der Waals surface area contributed by atoms with Crippen LogP contribution in [0.15, 0.2) is 23.1 Å². The first-order valence-electron chi connectivity index (χ1n) is 8.50. The second kappa shape index (κ2) is 6.59. The molecule has 2 aromatic heterocycles. The summed E-state index contributed by atoms with van der Waals surface area (Å²) in [4.78, 5) is 22.8. The number of hydrogen-bond acceptors (Lipinski definition) is 6. The van der Waals surface area contributed by atoms with Crippen LogP contribution < -0.4 is 4.74 Å². The molecule has 1 aliphatic heterocycles. The lowest BCUT2D eigenvalue weighted by molar-refractivity contribution is 0.0517. The van der Waals surface area contributed by atoms with Gasteiger partial charge in [-0.25, -0.2) is 4.98 Å². The Kier molecular flexibility index (Phi) is 4.15. The van der Waals surface area contributed by atoms with Gasteiger partial charge in [0, 0.05) is 30.9 Å². The summed E-state index contributed by atoms with van der Waals surface area (Å²) in [5.74, 6) is 1.33. The molecule has 1 aliphatic carbocycles. The first-order valence-corrected chi connectivity index (χ1v) is 8.50. The number of hydrogen-bond donors (Lipinski definition) is 0. The summed E-state index contributed by atoms with van der Waals surface area (Å²) in [6.45, 7) is 1.26. The van der Waals surface area contributed by atoms with Gasteiger partial charge < -0.3 is 14.2 Å². The van der Waals surface area contributed by atoms with E-state index >= 15 is 0 Å². The summed E-state index contributed by atoms with van der Waals surface area (Å²) in [6.07, 6.45) is 10.5. The molecule has 1 saturated heterocycles. The molecule has 1 atom stereocenters. The maximum Gasteiger partial charge on any atom is 0.276 e. The Balaban J connectivity index is 1.46. The molecule has 0 spiro atoms. The number of amides is 1. The van der Waals surface area contributed by atoms with Gasteiger partial charge in [-0.05, 0) is 32.1 Å². The molecule has 1 amide bonds. The zero-order valence-corrected chi connectivity index (χ0v) is 13.5. The van der Waals surface area contributed by atoms with Crippen LogP contribution in [-0.2, 0) is 12.8 Å². The molecule has 2 aliphatic rings. The van der Waals surface area contributed by atoms with E-state index in [0.29, 0.717) is 18.1 Å². The number of ether oxygens (including phenoxy) is 1. The predicted molar refractivity (Wildman–Crippen MR) is 84.7 cm³/mol. The maximum absolute atomic E-state index is 12.9. The van der Waals surface area contributed by atoms with Gasteiger partial charge in [-0.15, -0.1) is 0 Å². The lowest BCUT2D eigenvalue weighted by Crippen LogP contribution is -2.44. The molecule has 7 heteroatoms. The summed E-state index contributed by atoms with van der Waals surface area (Å²) in [7, 11) is 0. The number of aromatic nitrogens is 3. The van der Waals surface area contributed by atoms with Gasteiger partial charge in [-0.2, -0.15) is 0 Å². The number of piperidine rings is 1. The Morgan fingerprint density at radius 1 is 1.25 bits per heavy atom. The van der Waals surface area contributed by atoms with Crippen molar-refractivity contribution in [2.75, 3.05) is 13.1 Å². The van der Waals surface area contributed by atoms with E-state index in [-0.39, 0.29) is 12.0 Å². The Morgan fingerprint density at radius 2 is 2.17 bits per heavy atom. The molecule has 2 aromatic rings. The minimum Gasteiger partial charge on any atom is -0.471 e. The molecule has 126 valence electrons. The third kappa shape index (κ3) is 2.98. The van der Waals surface area contributed by atoms with Gasteiger partial charge in [-0.1, -0.05) is 5.16 Å². The summed E-state index contributed by atoms with van der Waals surface area (Å²) in [5.41, 5.74) is 1.49. The van der Waals surface area contributed by atoms with E-state index in [1.165, 1.54) is 0 Å². The highest BCUT2D eigenvalue weighted by molar-refractivity contribution is 5.94. The molecule has 3 heterocycles. The van der Waals surface area contributed by atoms with Gasteiger partial charge in [0.1, 0.15) is 11.9 Å². The Hall–Kier alpha value is -2.44. The Bertz CT molecular complexity index is 716. The molecule has 1 unspecified atom stereocenters. The van der Waals surface area contributed by atoms with Crippen LogP contribution in [0.25, 0.3) is 0 Å². The van der Waals surface area contributed by atoms with Crippen molar-refractivity contribution < 1.29 is 14.1 Å². The van der Waals surface area contributed by atoms with E-state index < -0.39 is 0 Å². The third-order valence-corrected chi connectivity index (χ3v) is 4.65. The number of carbonyl (C=O) groups is 1. The van der Waals surface area contributed by atoms with Gasteiger partial charge in [0.2, 0.25) is 5.88 Å². The molecule has 0 saturated carbocycles. The van der Waals surface area contributed by atoms with E-state index in [4.69, 9.17) is 9.26 Å². The number of aryl methyl sites for hydroxylation is 1. The van der Waals surface area contributed by atoms with Crippen molar-refractivity contribution in [2.45, 2.75) is 44.6 Å². The molecule has 4 rings (SSSR count). The van der Waals surface area contributed by atoms with Crippen molar-refractivity contribution >= 4 is 5.91 Å². The Labute approximate surface area is 140 Å². The van der Waals surface area contributed by atoms with Crippen LogP contribution in [0, 0.1) is 0 Å². The fourth-order valence-electron chi connectivity index (χ4n) is 3.44. The number of fused-ring (bicyclic) bond motifs is 1. The fourth-order valence-corrected chi connectivity index (χ4v) is 3.44. The van der Waals surface area contributed by atoms with Crippen molar-refractivity contribution in [2.24, 2.45) is 0 Å². The first-order chi connectivity index (χ1) is 11.8. The molecule has 24 heavy (non-hydrogen) atoms. The highest BCUT2D eigenvalue weighted by Gasteiger charge is 2.31. The average molecular weight is 328 g/mol. The second-order valence-electron chi connectivity index (χ2n) is 6.32. The normalized spacial score (nSPS) is 20.5. The minimum atomic E-state index is -0.0675. The fraction of sp³-hybridized carbons (Fsp3) is 0.529. The smallest absolute Gasteiger partial charge is 0.276 e. The summed E-state index contributed by atoms with van der Waals surface area (Å²) >= 11 is 0. The molecule has 0 aromatic carbocycles. The van der Waals surface area contributed by atoms with E-state index in [0.717, 1.165) is 56.4 Å². The van der Waals surface area contributed by atoms with Crippen LogP contribution in [0.1, 0.15) is 47.5 Å². The van der Waals surface area contributed by atoms with E-state index in [1.54, 1.807) is 18.6 Å².